The lowest BCUT2D eigenvalue weighted by Crippen LogP contribution is -1.80. The summed E-state index contributed by atoms with van der Waals surface area (Å²) in [6.07, 6.45) is 2.74. The van der Waals surface area contributed by atoms with Crippen LogP contribution >= 0.6 is 11.6 Å². The lowest BCUT2D eigenvalue weighted by atomic mass is 10.2. The van der Waals surface area contributed by atoms with Crippen LogP contribution in [0, 0.1) is 0 Å². The average molecular weight is 142 g/mol. The lowest BCUT2D eigenvalue weighted by molar-refractivity contribution is 1.12. The number of halogens is 1. The number of hydrogen-bond donors (Lipinski definition) is 0. The summed E-state index contributed by atoms with van der Waals surface area (Å²) in [7, 11) is 0. The zero-order valence-electron chi connectivity index (χ0n) is 5.26. The normalized spacial score (nSPS) is 9.56. The van der Waals surface area contributed by atoms with E-state index >= 15 is 0 Å². The Morgan fingerprint density at radius 2 is 2.44 bits per heavy atom. The number of pyridine rings is 1. The predicted octanol–water partition coefficient (Wildman–Crippen LogP) is 2.30. The minimum atomic E-state index is 0.578. The number of rotatable bonds is 1. The van der Waals surface area contributed by atoms with Gasteiger partial charge in [-0.1, -0.05) is 18.5 Å². The molecule has 0 fully saturated rings. The van der Waals surface area contributed by atoms with Crippen molar-refractivity contribution in [3.8, 4) is 0 Å². The van der Waals surface area contributed by atoms with Crippen LogP contribution in [0.5, 0.6) is 0 Å². The van der Waals surface area contributed by atoms with Crippen LogP contribution in [0.25, 0.3) is 0 Å². The molecule has 0 atom stereocenters. The molecule has 0 aliphatic rings. The number of nitrogens with zero attached hydrogens (tertiary/aromatic N) is 1. The second kappa shape index (κ2) is 2.83. The molecule has 48 valence electrons. The van der Waals surface area contributed by atoms with Crippen molar-refractivity contribution >= 4 is 11.6 Å². The summed E-state index contributed by atoms with van der Waals surface area (Å²) in [6, 6.07) is 3.84. The Kier molecular flexibility index (Phi) is 2.06. The molecule has 0 aliphatic carbocycles. The van der Waals surface area contributed by atoms with E-state index in [1.165, 1.54) is 5.56 Å². The highest BCUT2D eigenvalue weighted by Crippen LogP contribution is 2.06. The minimum Gasteiger partial charge on any atom is -0.245 e. The molecule has 0 radical (unpaired) electrons. The van der Waals surface area contributed by atoms with Gasteiger partial charge in [-0.25, -0.2) is 4.98 Å². The number of hydrogen-bond acceptors (Lipinski definition) is 1. The van der Waals surface area contributed by atoms with E-state index in [1.54, 1.807) is 6.20 Å². The molecule has 0 N–H and O–H groups in total. The Bertz CT molecular complexity index is 198. The second-order valence-corrected chi connectivity index (χ2v) is 2.23. The third kappa shape index (κ3) is 1.68. The lowest BCUT2D eigenvalue weighted by Gasteiger charge is -1.92. The molecular formula is C7H8ClN. The van der Waals surface area contributed by atoms with Crippen LogP contribution in [0.3, 0.4) is 0 Å². The molecular weight excluding hydrogens is 134 g/mol. The van der Waals surface area contributed by atoms with Crippen molar-refractivity contribution in [1.29, 1.82) is 0 Å². The van der Waals surface area contributed by atoms with Crippen LogP contribution in [0.15, 0.2) is 18.3 Å². The smallest absolute Gasteiger partial charge is 0.129 e. The van der Waals surface area contributed by atoms with Gasteiger partial charge in [0.25, 0.3) is 0 Å². The standard InChI is InChI=1S/C7H8ClN/c1-2-6-3-4-9-7(8)5-6/h3-5H,2H2,1H3. The molecule has 0 amide bonds. The largest absolute Gasteiger partial charge is 0.245 e. The van der Waals surface area contributed by atoms with Gasteiger partial charge in [0.15, 0.2) is 0 Å². The predicted molar refractivity (Wildman–Crippen MR) is 38.6 cm³/mol. The van der Waals surface area contributed by atoms with E-state index in [2.05, 4.69) is 11.9 Å². The molecule has 0 spiro atoms. The van der Waals surface area contributed by atoms with Crippen LogP contribution in [0.1, 0.15) is 12.5 Å². The van der Waals surface area contributed by atoms with Crippen LogP contribution in [0.2, 0.25) is 5.15 Å². The highest BCUT2D eigenvalue weighted by atomic mass is 35.5. The van der Waals surface area contributed by atoms with Crippen LogP contribution < -0.4 is 0 Å². The SMILES string of the molecule is CCc1ccnc(Cl)c1. The molecule has 2 heteroatoms. The maximum Gasteiger partial charge on any atom is 0.129 e. The van der Waals surface area contributed by atoms with E-state index in [9.17, 15) is 0 Å². The first-order chi connectivity index (χ1) is 4.33. The molecule has 0 aliphatic heterocycles. The second-order valence-electron chi connectivity index (χ2n) is 1.84. The van der Waals surface area contributed by atoms with Crippen molar-refractivity contribution in [1.82, 2.24) is 4.98 Å². The van der Waals surface area contributed by atoms with Crippen molar-refractivity contribution in [2.45, 2.75) is 13.3 Å². The summed E-state index contributed by atoms with van der Waals surface area (Å²) in [5.74, 6) is 0. The van der Waals surface area contributed by atoms with Gasteiger partial charge in [0, 0.05) is 6.20 Å². The van der Waals surface area contributed by atoms with Gasteiger partial charge in [-0.05, 0) is 24.1 Å². The fraction of sp³-hybridized carbons (Fsp3) is 0.286. The molecule has 0 bridgehead atoms. The number of aromatic nitrogens is 1. The van der Waals surface area contributed by atoms with E-state index in [4.69, 9.17) is 11.6 Å². The summed E-state index contributed by atoms with van der Waals surface area (Å²) in [5.41, 5.74) is 1.23. The molecule has 1 rings (SSSR count). The van der Waals surface area contributed by atoms with E-state index in [1.807, 2.05) is 12.1 Å². The van der Waals surface area contributed by atoms with Gasteiger partial charge in [0.05, 0.1) is 0 Å². The Morgan fingerprint density at radius 3 is 2.89 bits per heavy atom. The minimum absolute atomic E-state index is 0.578. The van der Waals surface area contributed by atoms with Crippen molar-refractivity contribution in [3.05, 3.63) is 29.0 Å². The third-order valence-electron chi connectivity index (χ3n) is 1.20. The molecule has 0 saturated carbocycles. The third-order valence-corrected chi connectivity index (χ3v) is 1.41. The fourth-order valence-electron chi connectivity index (χ4n) is 0.662. The van der Waals surface area contributed by atoms with Crippen molar-refractivity contribution in [3.63, 3.8) is 0 Å². The van der Waals surface area contributed by atoms with Gasteiger partial charge in [-0.15, -0.1) is 0 Å². The summed E-state index contributed by atoms with van der Waals surface area (Å²) in [6.45, 7) is 2.09. The van der Waals surface area contributed by atoms with E-state index in [-0.39, 0.29) is 0 Å². The first kappa shape index (κ1) is 6.56. The summed E-state index contributed by atoms with van der Waals surface area (Å²) < 4.78 is 0. The van der Waals surface area contributed by atoms with Crippen LogP contribution in [-0.4, -0.2) is 4.98 Å². The van der Waals surface area contributed by atoms with Gasteiger partial charge in [0.1, 0.15) is 5.15 Å². The Balaban J connectivity index is 2.94. The first-order valence-electron chi connectivity index (χ1n) is 2.93. The molecule has 0 unspecified atom stereocenters. The highest BCUT2D eigenvalue weighted by Gasteiger charge is 1.88. The fourth-order valence-corrected chi connectivity index (χ4v) is 0.859. The Morgan fingerprint density at radius 1 is 1.67 bits per heavy atom. The van der Waals surface area contributed by atoms with Gasteiger partial charge in [-0.3, -0.25) is 0 Å². The summed E-state index contributed by atoms with van der Waals surface area (Å²) in [4.78, 5) is 3.85. The van der Waals surface area contributed by atoms with Gasteiger partial charge < -0.3 is 0 Å². The van der Waals surface area contributed by atoms with E-state index in [0.717, 1.165) is 6.42 Å². The average Bonchev–Trinajstić information content (AvgIpc) is 1.88. The molecule has 9 heavy (non-hydrogen) atoms. The monoisotopic (exact) mass is 141 g/mol. The van der Waals surface area contributed by atoms with Crippen molar-refractivity contribution in [2.24, 2.45) is 0 Å². The highest BCUT2D eigenvalue weighted by molar-refractivity contribution is 6.29. The zero-order valence-corrected chi connectivity index (χ0v) is 6.02. The first-order valence-corrected chi connectivity index (χ1v) is 3.31. The molecule has 1 heterocycles. The van der Waals surface area contributed by atoms with Gasteiger partial charge >= 0.3 is 0 Å². The van der Waals surface area contributed by atoms with Gasteiger partial charge in [0.2, 0.25) is 0 Å². The molecule has 0 aromatic carbocycles. The quantitative estimate of drug-likeness (QED) is 0.547. The molecule has 1 aromatic rings. The molecule has 1 nitrogen and oxygen atoms in total. The maximum absolute atomic E-state index is 5.61. The van der Waals surface area contributed by atoms with Gasteiger partial charge in [-0.2, -0.15) is 0 Å². The van der Waals surface area contributed by atoms with Crippen molar-refractivity contribution < 1.29 is 0 Å². The molecule has 0 saturated heterocycles. The summed E-state index contributed by atoms with van der Waals surface area (Å²) in [5, 5.41) is 0.578. The summed E-state index contributed by atoms with van der Waals surface area (Å²) >= 11 is 5.61. The Hall–Kier alpha value is -0.560. The number of aryl methyl sites for hydroxylation is 1. The van der Waals surface area contributed by atoms with Crippen molar-refractivity contribution in [2.75, 3.05) is 0 Å². The van der Waals surface area contributed by atoms with E-state index in [0.29, 0.717) is 5.15 Å². The van der Waals surface area contributed by atoms with Crippen LogP contribution in [0.4, 0.5) is 0 Å². The maximum atomic E-state index is 5.61. The Labute approximate surface area is 59.7 Å². The van der Waals surface area contributed by atoms with E-state index < -0.39 is 0 Å². The van der Waals surface area contributed by atoms with Crippen LogP contribution in [-0.2, 0) is 6.42 Å². The molecule has 1 aromatic heterocycles. The zero-order chi connectivity index (χ0) is 6.69. The topological polar surface area (TPSA) is 12.9 Å².